The Hall–Kier alpha value is -2.24. The Morgan fingerprint density at radius 1 is 1.16 bits per heavy atom. The molecule has 0 radical (unpaired) electrons. The average Bonchev–Trinajstić information content (AvgIpc) is 2.42. The Bertz CT molecular complexity index is 427. The number of methoxy groups -OCH3 is 1. The van der Waals surface area contributed by atoms with Crippen LogP contribution in [0.25, 0.3) is 0 Å². The van der Waals surface area contributed by atoms with Crippen molar-refractivity contribution < 1.29 is 23.9 Å². The SMILES string of the molecule is COc1ccc(OCC(=O)NOC(=O)C(C)C)cc1. The van der Waals surface area contributed by atoms with E-state index in [-0.39, 0.29) is 12.5 Å². The minimum Gasteiger partial charge on any atom is -0.497 e. The van der Waals surface area contributed by atoms with Crippen LogP contribution < -0.4 is 15.0 Å². The molecule has 0 saturated heterocycles. The monoisotopic (exact) mass is 267 g/mol. The van der Waals surface area contributed by atoms with Crippen molar-refractivity contribution in [2.24, 2.45) is 5.92 Å². The Morgan fingerprint density at radius 2 is 1.74 bits per heavy atom. The van der Waals surface area contributed by atoms with Crippen LogP contribution in [0.2, 0.25) is 0 Å². The lowest BCUT2D eigenvalue weighted by Gasteiger charge is -2.09. The van der Waals surface area contributed by atoms with Gasteiger partial charge in [-0.2, -0.15) is 5.48 Å². The largest absolute Gasteiger partial charge is 0.497 e. The third-order valence-corrected chi connectivity index (χ3v) is 2.17. The molecule has 0 saturated carbocycles. The maximum Gasteiger partial charge on any atom is 0.334 e. The molecule has 0 aromatic heterocycles. The number of rotatable bonds is 5. The molecule has 0 unspecified atom stereocenters. The number of carbonyl (C=O) groups is 2. The number of hydrogen-bond donors (Lipinski definition) is 1. The first-order valence-electron chi connectivity index (χ1n) is 5.79. The second-order valence-corrected chi connectivity index (χ2v) is 4.07. The Morgan fingerprint density at radius 3 is 2.26 bits per heavy atom. The molecule has 0 aliphatic rings. The number of benzene rings is 1. The predicted octanol–water partition coefficient (Wildman–Crippen LogP) is 1.30. The fourth-order valence-corrected chi connectivity index (χ4v) is 1.08. The van der Waals surface area contributed by atoms with Gasteiger partial charge in [0.25, 0.3) is 5.91 Å². The van der Waals surface area contributed by atoms with Crippen LogP contribution in [0.3, 0.4) is 0 Å². The summed E-state index contributed by atoms with van der Waals surface area (Å²) in [6.07, 6.45) is 0. The highest BCUT2D eigenvalue weighted by atomic mass is 16.7. The summed E-state index contributed by atoms with van der Waals surface area (Å²) in [5.74, 6) is -0.126. The summed E-state index contributed by atoms with van der Waals surface area (Å²) in [6.45, 7) is 3.10. The van der Waals surface area contributed by atoms with Crippen molar-refractivity contribution in [3.8, 4) is 11.5 Å². The molecule has 6 nitrogen and oxygen atoms in total. The molecule has 0 atom stereocenters. The van der Waals surface area contributed by atoms with Crippen LogP contribution in [0.4, 0.5) is 0 Å². The molecular formula is C13H17NO5. The van der Waals surface area contributed by atoms with Gasteiger partial charge in [-0.15, -0.1) is 0 Å². The van der Waals surface area contributed by atoms with E-state index in [1.54, 1.807) is 45.2 Å². The van der Waals surface area contributed by atoms with E-state index < -0.39 is 11.9 Å². The van der Waals surface area contributed by atoms with Crippen LogP contribution >= 0.6 is 0 Å². The van der Waals surface area contributed by atoms with Crippen LogP contribution in [0.15, 0.2) is 24.3 Å². The molecule has 1 rings (SSSR count). The van der Waals surface area contributed by atoms with Crippen molar-refractivity contribution in [2.75, 3.05) is 13.7 Å². The van der Waals surface area contributed by atoms with Gasteiger partial charge in [0, 0.05) is 0 Å². The van der Waals surface area contributed by atoms with E-state index in [1.165, 1.54) is 0 Å². The maximum atomic E-state index is 11.3. The molecule has 104 valence electrons. The summed E-state index contributed by atoms with van der Waals surface area (Å²) in [6, 6.07) is 6.77. The molecule has 1 amide bonds. The first-order chi connectivity index (χ1) is 9.02. The summed E-state index contributed by atoms with van der Waals surface area (Å²) in [7, 11) is 1.56. The minimum atomic E-state index is -0.537. The normalized spacial score (nSPS) is 9.89. The zero-order valence-electron chi connectivity index (χ0n) is 11.1. The van der Waals surface area contributed by atoms with Gasteiger partial charge < -0.3 is 14.3 Å². The lowest BCUT2D eigenvalue weighted by Crippen LogP contribution is -2.32. The standard InChI is InChI=1S/C13H17NO5/c1-9(2)13(16)19-14-12(15)8-18-11-6-4-10(17-3)5-7-11/h4-7,9H,8H2,1-3H3,(H,14,15). The minimum absolute atomic E-state index is 0.238. The third kappa shape index (κ3) is 5.29. The highest BCUT2D eigenvalue weighted by Gasteiger charge is 2.11. The summed E-state index contributed by atoms with van der Waals surface area (Å²) in [4.78, 5) is 27.0. The predicted molar refractivity (Wildman–Crippen MR) is 67.6 cm³/mol. The van der Waals surface area contributed by atoms with Gasteiger partial charge in [0.2, 0.25) is 0 Å². The summed E-state index contributed by atoms with van der Waals surface area (Å²) in [5, 5.41) is 0. The van der Waals surface area contributed by atoms with E-state index in [9.17, 15) is 9.59 Å². The second-order valence-electron chi connectivity index (χ2n) is 4.07. The summed E-state index contributed by atoms with van der Waals surface area (Å²) in [5.41, 5.74) is 2.02. The molecule has 0 fully saturated rings. The number of hydrogen-bond acceptors (Lipinski definition) is 5. The molecule has 0 spiro atoms. The van der Waals surface area contributed by atoms with Crippen LogP contribution in [0.5, 0.6) is 11.5 Å². The average molecular weight is 267 g/mol. The van der Waals surface area contributed by atoms with Crippen LogP contribution in [0, 0.1) is 5.92 Å². The first kappa shape index (κ1) is 14.8. The molecule has 1 N–H and O–H groups in total. The van der Waals surface area contributed by atoms with Crippen molar-refractivity contribution in [3.05, 3.63) is 24.3 Å². The molecule has 6 heteroatoms. The third-order valence-electron chi connectivity index (χ3n) is 2.17. The zero-order chi connectivity index (χ0) is 14.3. The number of nitrogens with one attached hydrogen (secondary N) is 1. The number of carbonyl (C=O) groups excluding carboxylic acids is 2. The topological polar surface area (TPSA) is 73.9 Å². The molecule has 0 heterocycles. The summed E-state index contributed by atoms with van der Waals surface area (Å²) < 4.78 is 10.2. The Labute approximate surface area is 111 Å². The fraction of sp³-hybridized carbons (Fsp3) is 0.385. The summed E-state index contributed by atoms with van der Waals surface area (Å²) >= 11 is 0. The van der Waals surface area contributed by atoms with Crippen molar-refractivity contribution >= 4 is 11.9 Å². The van der Waals surface area contributed by atoms with Gasteiger partial charge in [0.15, 0.2) is 6.61 Å². The van der Waals surface area contributed by atoms with E-state index in [1.807, 2.05) is 5.48 Å². The van der Waals surface area contributed by atoms with Gasteiger partial charge in [-0.25, -0.2) is 4.79 Å². The van der Waals surface area contributed by atoms with Crippen molar-refractivity contribution in [1.29, 1.82) is 0 Å². The molecule has 0 aliphatic heterocycles. The Balaban J connectivity index is 2.31. The van der Waals surface area contributed by atoms with Gasteiger partial charge in [-0.05, 0) is 24.3 Å². The molecule has 1 aromatic carbocycles. The Kier molecular flexibility index (Phi) is 5.66. The van der Waals surface area contributed by atoms with E-state index >= 15 is 0 Å². The second kappa shape index (κ2) is 7.25. The zero-order valence-corrected chi connectivity index (χ0v) is 11.1. The molecule has 0 aliphatic carbocycles. The molecule has 0 bridgehead atoms. The van der Waals surface area contributed by atoms with Crippen molar-refractivity contribution in [1.82, 2.24) is 5.48 Å². The van der Waals surface area contributed by atoms with E-state index in [0.29, 0.717) is 11.5 Å². The molecule has 1 aromatic rings. The highest BCUT2D eigenvalue weighted by Crippen LogP contribution is 2.16. The quantitative estimate of drug-likeness (QED) is 0.814. The van der Waals surface area contributed by atoms with Gasteiger partial charge >= 0.3 is 5.97 Å². The molecular weight excluding hydrogens is 250 g/mol. The van der Waals surface area contributed by atoms with Gasteiger partial charge in [0.1, 0.15) is 11.5 Å². The van der Waals surface area contributed by atoms with E-state index in [4.69, 9.17) is 9.47 Å². The lowest BCUT2D eigenvalue weighted by atomic mass is 10.2. The fourth-order valence-electron chi connectivity index (χ4n) is 1.08. The highest BCUT2D eigenvalue weighted by molar-refractivity contribution is 5.79. The van der Waals surface area contributed by atoms with Gasteiger partial charge in [0.05, 0.1) is 13.0 Å². The van der Waals surface area contributed by atoms with Crippen molar-refractivity contribution in [3.63, 3.8) is 0 Å². The van der Waals surface area contributed by atoms with Crippen molar-refractivity contribution in [2.45, 2.75) is 13.8 Å². The number of ether oxygens (including phenoxy) is 2. The number of amides is 1. The van der Waals surface area contributed by atoms with Gasteiger partial charge in [-0.3, -0.25) is 4.79 Å². The first-order valence-corrected chi connectivity index (χ1v) is 5.79. The van der Waals surface area contributed by atoms with E-state index in [2.05, 4.69) is 4.84 Å². The van der Waals surface area contributed by atoms with Crippen LogP contribution in [-0.4, -0.2) is 25.6 Å². The smallest absolute Gasteiger partial charge is 0.334 e. The number of hydroxylamine groups is 1. The maximum absolute atomic E-state index is 11.3. The van der Waals surface area contributed by atoms with Crippen LogP contribution in [-0.2, 0) is 14.4 Å². The van der Waals surface area contributed by atoms with Crippen LogP contribution in [0.1, 0.15) is 13.8 Å². The van der Waals surface area contributed by atoms with E-state index in [0.717, 1.165) is 0 Å². The lowest BCUT2D eigenvalue weighted by molar-refractivity contribution is -0.161. The molecule has 19 heavy (non-hydrogen) atoms. The van der Waals surface area contributed by atoms with Gasteiger partial charge in [-0.1, -0.05) is 13.8 Å².